The Morgan fingerprint density at radius 3 is 2.59 bits per heavy atom. The number of hydrogen-bond acceptors (Lipinski definition) is 8. The van der Waals surface area contributed by atoms with Crippen LogP contribution >= 0.6 is 35.3 Å². The van der Waals surface area contributed by atoms with E-state index in [-0.39, 0.29) is 24.1 Å². The van der Waals surface area contributed by atoms with Gasteiger partial charge in [-0.05, 0) is 36.5 Å². The second kappa shape index (κ2) is 9.09. The van der Waals surface area contributed by atoms with Crippen molar-refractivity contribution in [2.75, 3.05) is 26.2 Å². The summed E-state index contributed by atoms with van der Waals surface area (Å²) in [5.74, 6) is -1.33. The van der Waals surface area contributed by atoms with E-state index in [0.29, 0.717) is 58.0 Å². The zero-order valence-electron chi connectivity index (χ0n) is 15.7. The molecule has 9 nitrogen and oxygen atoms in total. The Morgan fingerprint density at radius 2 is 1.97 bits per heavy atom. The first-order valence-electron chi connectivity index (χ1n) is 8.93. The number of carbonyl (C=O) groups excluding carboxylic acids is 2. The fraction of sp³-hybridized carbons (Fsp3) is 0.471. The van der Waals surface area contributed by atoms with E-state index in [1.54, 1.807) is 11.0 Å². The molecule has 0 bridgehead atoms. The minimum atomic E-state index is -0.907. The number of thiazole rings is 1. The summed E-state index contributed by atoms with van der Waals surface area (Å²) in [6, 6.07) is 0. The number of carbonyl (C=O) groups is 3. The van der Waals surface area contributed by atoms with Crippen molar-refractivity contribution in [1.29, 1.82) is 0 Å². The highest BCUT2D eigenvalue weighted by atomic mass is 32.2. The third-order valence-corrected chi connectivity index (χ3v) is 6.96. The predicted molar refractivity (Wildman–Crippen MR) is 114 cm³/mol. The van der Waals surface area contributed by atoms with E-state index >= 15 is 0 Å². The summed E-state index contributed by atoms with van der Waals surface area (Å²) in [5.41, 5.74) is 0. The second-order valence-electron chi connectivity index (χ2n) is 6.51. The number of aromatic nitrogens is 1. The summed E-state index contributed by atoms with van der Waals surface area (Å²) >= 11 is 7.64. The fourth-order valence-corrected chi connectivity index (χ4v) is 5.28. The number of carboxylic acids is 1. The molecule has 0 atom stereocenters. The molecule has 12 heteroatoms. The van der Waals surface area contributed by atoms with Gasteiger partial charge in [0.05, 0.1) is 9.78 Å². The van der Waals surface area contributed by atoms with Crippen molar-refractivity contribution >= 4 is 64.3 Å². The molecule has 1 aromatic heterocycles. The maximum atomic E-state index is 12.3. The van der Waals surface area contributed by atoms with Crippen molar-refractivity contribution in [3.8, 4) is 5.88 Å². The highest BCUT2D eigenvalue weighted by Crippen LogP contribution is 2.35. The molecule has 2 N–H and O–H groups in total. The quantitative estimate of drug-likeness (QED) is 0.511. The summed E-state index contributed by atoms with van der Waals surface area (Å²) in [4.78, 5) is 43.1. The van der Waals surface area contributed by atoms with E-state index in [9.17, 15) is 19.5 Å². The molecule has 3 rings (SSSR count). The van der Waals surface area contributed by atoms with Gasteiger partial charge in [-0.15, -0.1) is 11.3 Å². The van der Waals surface area contributed by atoms with E-state index in [1.165, 1.54) is 23.3 Å². The molecule has 2 amide bonds. The van der Waals surface area contributed by atoms with Gasteiger partial charge in [0.25, 0.3) is 5.91 Å². The van der Waals surface area contributed by atoms with Crippen LogP contribution in [0.2, 0.25) is 0 Å². The van der Waals surface area contributed by atoms with E-state index in [1.807, 2.05) is 4.90 Å². The SMILES string of the molecule is CC(=O)N1CCN(C2=NC(=O)C(=Cc3sc(=S)n(CCCC(=O)O)c3O)S2)CC1. The van der Waals surface area contributed by atoms with Crippen molar-refractivity contribution in [2.24, 2.45) is 4.99 Å². The number of aliphatic imine (C=N–C) groups is 1. The van der Waals surface area contributed by atoms with Gasteiger partial charge in [0.1, 0.15) is 0 Å². The third-order valence-electron chi connectivity index (χ3n) is 4.53. The van der Waals surface area contributed by atoms with Gasteiger partial charge in [0.2, 0.25) is 11.8 Å². The molecule has 3 heterocycles. The largest absolute Gasteiger partial charge is 0.493 e. The van der Waals surface area contributed by atoms with Crippen LogP contribution in [0.5, 0.6) is 5.88 Å². The molecule has 0 unspecified atom stereocenters. The Labute approximate surface area is 180 Å². The van der Waals surface area contributed by atoms with Crippen molar-refractivity contribution in [1.82, 2.24) is 14.4 Å². The molecule has 0 spiro atoms. The maximum Gasteiger partial charge on any atom is 0.303 e. The predicted octanol–water partition coefficient (Wildman–Crippen LogP) is 1.98. The zero-order chi connectivity index (χ0) is 21.1. The van der Waals surface area contributed by atoms with Gasteiger partial charge in [0.15, 0.2) is 9.12 Å². The van der Waals surface area contributed by atoms with Crippen LogP contribution in [0.25, 0.3) is 6.08 Å². The standard InChI is InChI=1S/C17H20N4O5S3/c1-10(22)19-5-7-20(8-6-19)16-18-14(25)11(28-16)9-12-15(26)21(17(27)29-12)4-2-3-13(23)24/h9,26H,2-8H2,1H3,(H,23,24). The lowest BCUT2D eigenvalue weighted by molar-refractivity contribution is -0.137. The van der Waals surface area contributed by atoms with Crippen LogP contribution in [-0.2, 0) is 20.9 Å². The summed E-state index contributed by atoms with van der Waals surface area (Å²) in [5, 5.41) is 19.8. The average molecular weight is 457 g/mol. The molecule has 0 aliphatic carbocycles. The summed E-state index contributed by atoms with van der Waals surface area (Å²) in [6.45, 7) is 4.22. The van der Waals surface area contributed by atoms with Crippen molar-refractivity contribution in [2.45, 2.75) is 26.3 Å². The number of hydrogen-bond donors (Lipinski definition) is 2. The molecular weight excluding hydrogens is 436 g/mol. The molecule has 1 aromatic rings. The van der Waals surface area contributed by atoms with Crippen LogP contribution in [0.3, 0.4) is 0 Å². The van der Waals surface area contributed by atoms with E-state index in [0.717, 1.165) is 11.3 Å². The molecule has 1 saturated heterocycles. The van der Waals surface area contributed by atoms with Crippen molar-refractivity contribution in [3.63, 3.8) is 0 Å². The first-order valence-corrected chi connectivity index (χ1v) is 11.0. The van der Waals surface area contributed by atoms with Crippen molar-refractivity contribution in [3.05, 3.63) is 13.7 Å². The number of aliphatic carboxylic acids is 1. The Hall–Kier alpha value is -2.18. The minimum absolute atomic E-state index is 0.0179. The molecule has 0 aromatic carbocycles. The van der Waals surface area contributed by atoms with Gasteiger partial charge < -0.3 is 20.0 Å². The van der Waals surface area contributed by atoms with Crippen molar-refractivity contribution < 1.29 is 24.6 Å². The number of carboxylic acid groups (broad SMARTS) is 1. The van der Waals surface area contributed by atoms with Gasteiger partial charge in [-0.2, -0.15) is 4.99 Å². The van der Waals surface area contributed by atoms with Gasteiger partial charge >= 0.3 is 5.97 Å². The lowest BCUT2D eigenvalue weighted by Crippen LogP contribution is -2.49. The third kappa shape index (κ3) is 5.06. The number of amides is 2. The van der Waals surface area contributed by atoms with Crippen LogP contribution in [0, 0.1) is 3.95 Å². The molecule has 1 fully saturated rings. The van der Waals surface area contributed by atoms with Gasteiger partial charge in [0, 0.05) is 46.1 Å². The molecular formula is C17H20N4O5S3. The molecule has 156 valence electrons. The van der Waals surface area contributed by atoms with Crippen LogP contribution in [-0.4, -0.2) is 73.7 Å². The molecule has 2 aliphatic heterocycles. The van der Waals surface area contributed by atoms with E-state index in [2.05, 4.69) is 4.99 Å². The van der Waals surface area contributed by atoms with Crippen LogP contribution in [0.4, 0.5) is 0 Å². The lowest BCUT2D eigenvalue weighted by Gasteiger charge is -2.34. The molecule has 0 radical (unpaired) electrons. The lowest BCUT2D eigenvalue weighted by atomic mass is 10.3. The zero-order valence-corrected chi connectivity index (χ0v) is 18.1. The molecule has 0 saturated carbocycles. The maximum absolute atomic E-state index is 12.3. The van der Waals surface area contributed by atoms with E-state index in [4.69, 9.17) is 17.3 Å². The Morgan fingerprint density at radius 1 is 1.28 bits per heavy atom. The minimum Gasteiger partial charge on any atom is -0.493 e. The van der Waals surface area contributed by atoms with E-state index < -0.39 is 5.97 Å². The summed E-state index contributed by atoms with van der Waals surface area (Å²) in [7, 11) is 0. The first-order chi connectivity index (χ1) is 13.8. The number of piperazine rings is 1. The van der Waals surface area contributed by atoms with Gasteiger partial charge in [-0.1, -0.05) is 0 Å². The topological polar surface area (TPSA) is 115 Å². The Bertz CT molecular complexity index is 957. The second-order valence-corrected chi connectivity index (χ2v) is 9.19. The average Bonchev–Trinajstić information content (AvgIpc) is 3.16. The Balaban J connectivity index is 1.68. The van der Waals surface area contributed by atoms with Crippen LogP contribution in [0.1, 0.15) is 24.6 Å². The highest BCUT2D eigenvalue weighted by Gasteiger charge is 2.29. The van der Waals surface area contributed by atoms with Crippen LogP contribution < -0.4 is 0 Å². The van der Waals surface area contributed by atoms with Gasteiger partial charge in [-0.3, -0.25) is 19.0 Å². The van der Waals surface area contributed by atoms with Gasteiger partial charge in [-0.25, -0.2) is 0 Å². The highest BCUT2D eigenvalue weighted by molar-refractivity contribution is 8.18. The fourth-order valence-electron chi connectivity index (χ4n) is 2.96. The normalized spacial score (nSPS) is 18.4. The smallest absolute Gasteiger partial charge is 0.303 e. The first kappa shape index (κ1) is 21.5. The molecule has 2 aliphatic rings. The summed E-state index contributed by atoms with van der Waals surface area (Å²) in [6.07, 6.45) is 1.89. The number of thioether (sulfide) groups is 1. The number of amidine groups is 1. The number of aromatic hydroxyl groups is 1. The summed E-state index contributed by atoms with van der Waals surface area (Å²) < 4.78 is 1.89. The van der Waals surface area contributed by atoms with Crippen LogP contribution in [0.15, 0.2) is 9.90 Å². The number of nitrogens with zero attached hydrogens (tertiary/aromatic N) is 4. The monoisotopic (exact) mass is 456 g/mol. The molecule has 29 heavy (non-hydrogen) atoms. The Kier molecular flexibility index (Phi) is 6.75. The number of rotatable bonds is 5.